The predicted molar refractivity (Wildman–Crippen MR) is 61.3 cm³/mol. The van der Waals surface area contributed by atoms with E-state index in [0.29, 0.717) is 0 Å². The fourth-order valence-electron chi connectivity index (χ4n) is 1.12. The summed E-state index contributed by atoms with van der Waals surface area (Å²) in [6.45, 7) is -0.694. The third-order valence-corrected chi connectivity index (χ3v) is 3.46. The molecule has 0 aliphatic carbocycles. The fourth-order valence-corrected chi connectivity index (χ4v) is 2.23. The van der Waals surface area contributed by atoms with Gasteiger partial charge in [0, 0.05) is 4.47 Å². The summed E-state index contributed by atoms with van der Waals surface area (Å²) >= 11 is 3.20. The minimum absolute atomic E-state index is 0.287. The molecule has 0 atom stereocenters. The summed E-state index contributed by atoms with van der Waals surface area (Å²) in [6.07, 6.45) is 0.942. The maximum Gasteiger partial charge on any atom is 0.232 e. The molecular weight excluding hydrogens is 298 g/mol. The van der Waals surface area contributed by atoms with Gasteiger partial charge in [0.1, 0.15) is 0 Å². The first-order chi connectivity index (χ1) is 7.30. The van der Waals surface area contributed by atoms with Crippen LogP contribution >= 0.6 is 15.9 Å². The van der Waals surface area contributed by atoms with E-state index in [4.69, 9.17) is 0 Å². The molecule has 0 aliphatic rings. The van der Waals surface area contributed by atoms with E-state index in [0.717, 1.165) is 15.0 Å². The summed E-state index contributed by atoms with van der Waals surface area (Å²) in [6, 6.07) is 6.27. The van der Waals surface area contributed by atoms with Gasteiger partial charge in [-0.05, 0) is 24.3 Å². The highest BCUT2D eigenvalue weighted by Gasteiger charge is 2.17. The topological polar surface area (TPSA) is 77.5 Å². The molecule has 1 aromatic carbocycles. The lowest BCUT2D eigenvalue weighted by Crippen LogP contribution is -2.41. The summed E-state index contributed by atoms with van der Waals surface area (Å²) in [5.41, 5.74) is 0.287. The Balaban J connectivity index is 3.11. The van der Waals surface area contributed by atoms with Gasteiger partial charge < -0.3 is 9.90 Å². The lowest BCUT2D eigenvalue weighted by molar-refractivity contribution is -0.303. The van der Waals surface area contributed by atoms with Crippen LogP contribution in [-0.2, 0) is 14.8 Å². The lowest BCUT2D eigenvalue weighted by atomic mass is 10.3. The Morgan fingerprint density at radius 3 is 2.25 bits per heavy atom. The molecule has 0 N–H and O–H groups in total. The van der Waals surface area contributed by atoms with Gasteiger partial charge in [-0.25, -0.2) is 8.42 Å². The number of sulfonamides is 1. The number of halogens is 1. The zero-order valence-electron chi connectivity index (χ0n) is 8.38. The van der Waals surface area contributed by atoms with Crippen LogP contribution in [0.15, 0.2) is 28.7 Å². The summed E-state index contributed by atoms with van der Waals surface area (Å²) in [7, 11) is -3.63. The number of rotatable bonds is 4. The number of benzene rings is 1. The van der Waals surface area contributed by atoms with Crippen LogP contribution in [0.5, 0.6) is 0 Å². The van der Waals surface area contributed by atoms with Gasteiger partial charge in [0.15, 0.2) is 0 Å². The molecule has 0 saturated carbocycles. The van der Waals surface area contributed by atoms with Gasteiger partial charge >= 0.3 is 0 Å². The van der Waals surface area contributed by atoms with E-state index in [-0.39, 0.29) is 5.69 Å². The van der Waals surface area contributed by atoms with Gasteiger partial charge in [0.25, 0.3) is 0 Å². The Morgan fingerprint density at radius 2 is 1.88 bits per heavy atom. The standard InChI is InChI=1S/C9H10BrNO4S/c1-16(14,15)11(6-9(12)13)8-4-2-7(10)3-5-8/h2-5H,6H2,1H3,(H,12,13)/p-1. The van der Waals surface area contributed by atoms with E-state index in [9.17, 15) is 18.3 Å². The number of carboxylic acid groups (broad SMARTS) is 1. The normalized spacial score (nSPS) is 11.1. The van der Waals surface area contributed by atoms with Crippen molar-refractivity contribution < 1.29 is 18.3 Å². The van der Waals surface area contributed by atoms with Crippen molar-refractivity contribution in [2.45, 2.75) is 0 Å². The van der Waals surface area contributed by atoms with E-state index in [1.54, 1.807) is 12.1 Å². The molecule has 0 unspecified atom stereocenters. The number of carboxylic acids is 1. The number of hydrogen-bond acceptors (Lipinski definition) is 4. The van der Waals surface area contributed by atoms with Crippen molar-refractivity contribution in [3.05, 3.63) is 28.7 Å². The lowest BCUT2D eigenvalue weighted by Gasteiger charge is -2.22. The van der Waals surface area contributed by atoms with Crippen LogP contribution in [0, 0.1) is 0 Å². The van der Waals surface area contributed by atoms with Crippen LogP contribution < -0.4 is 9.41 Å². The summed E-state index contributed by atoms with van der Waals surface area (Å²) in [5.74, 6) is -1.45. The van der Waals surface area contributed by atoms with E-state index >= 15 is 0 Å². The second-order valence-corrected chi connectivity index (χ2v) is 5.94. The summed E-state index contributed by atoms with van der Waals surface area (Å²) in [5, 5.41) is 10.5. The van der Waals surface area contributed by atoms with Crippen LogP contribution in [0.3, 0.4) is 0 Å². The molecule has 0 heterocycles. The highest BCUT2D eigenvalue weighted by Crippen LogP contribution is 2.20. The van der Waals surface area contributed by atoms with E-state index in [1.165, 1.54) is 12.1 Å². The largest absolute Gasteiger partial charge is 0.548 e. The third-order valence-electron chi connectivity index (χ3n) is 1.79. The van der Waals surface area contributed by atoms with Gasteiger partial charge in [-0.1, -0.05) is 15.9 Å². The van der Waals surface area contributed by atoms with Crippen LogP contribution in [-0.4, -0.2) is 27.2 Å². The third kappa shape index (κ3) is 3.49. The zero-order chi connectivity index (χ0) is 12.3. The number of nitrogens with zero attached hydrogens (tertiary/aromatic N) is 1. The monoisotopic (exact) mass is 306 g/mol. The van der Waals surface area contributed by atoms with Gasteiger partial charge in [0.2, 0.25) is 10.0 Å². The van der Waals surface area contributed by atoms with Crippen LogP contribution in [0.1, 0.15) is 0 Å². The first-order valence-corrected chi connectivity index (χ1v) is 6.88. The van der Waals surface area contributed by atoms with Crippen molar-refractivity contribution in [1.82, 2.24) is 0 Å². The quantitative estimate of drug-likeness (QED) is 0.782. The van der Waals surface area contributed by atoms with Gasteiger partial charge in [-0.3, -0.25) is 4.31 Å². The van der Waals surface area contributed by atoms with Crippen LogP contribution in [0.2, 0.25) is 0 Å². The molecule has 0 radical (unpaired) electrons. The first-order valence-electron chi connectivity index (χ1n) is 4.24. The molecule has 0 fully saturated rings. The van der Waals surface area contributed by atoms with E-state index < -0.39 is 22.5 Å². The minimum Gasteiger partial charge on any atom is -0.548 e. The van der Waals surface area contributed by atoms with Crippen LogP contribution in [0.25, 0.3) is 0 Å². The second kappa shape index (κ2) is 4.84. The SMILES string of the molecule is CS(=O)(=O)N(CC(=O)[O-])c1ccc(Br)cc1. The van der Waals surface area contributed by atoms with Gasteiger partial charge in [-0.2, -0.15) is 0 Å². The average Bonchev–Trinajstić information content (AvgIpc) is 2.14. The Morgan fingerprint density at radius 1 is 1.38 bits per heavy atom. The molecule has 88 valence electrons. The van der Waals surface area contributed by atoms with Crippen molar-refractivity contribution in [3.63, 3.8) is 0 Å². The number of hydrogen-bond donors (Lipinski definition) is 0. The van der Waals surface area contributed by atoms with E-state index in [1.807, 2.05) is 0 Å². The van der Waals surface area contributed by atoms with Crippen molar-refractivity contribution in [2.24, 2.45) is 0 Å². The van der Waals surface area contributed by atoms with Crippen molar-refractivity contribution in [2.75, 3.05) is 17.1 Å². The van der Waals surface area contributed by atoms with Gasteiger partial charge in [-0.15, -0.1) is 0 Å². The molecule has 0 bridgehead atoms. The Bertz CT molecular complexity index is 483. The second-order valence-electron chi connectivity index (χ2n) is 3.12. The first kappa shape index (κ1) is 13.0. The Labute approximate surface area is 102 Å². The molecule has 5 nitrogen and oxygen atoms in total. The Hall–Kier alpha value is -1.08. The molecule has 1 aromatic rings. The maximum absolute atomic E-state index is 11.4. The fraction of sp³-hybridized carbons (Fsp3) is 0.222. The molecule has 0 aliphatic heterocycles. The molecule has 7 heteroatoms. The highest BCUT2D eigenvalue weighted by atomic mass is 79.9. The average molecular weight is 307 g/mol. The maximum atomic E-state index is 11.4. The summed E-state index contributed by atoms with van der Waals surface area (Å²) in [4.78, 5) is 10.5. The van der Waals surface area contributed by atoms with Crippen LogP contribution in [0.4, 0.5) is 5.69 Å². The number of carbonyl (C=O) groups is 1. The molecule has 0 spiro atoms. The molecule has 16 heavy (non-hydrogen) atoms. The van der Waals surface area contributed by atoms with Crippen molar-refractivity contribution in [3.8, 4) is 0 Å². The molecule has 0 aromatic heterocycles. The van der Waals surface area contributed by atoms with Crippen molar-refractivity contribution >= 4 is 37.6 Å². The van der Waals surface area contributed by atoms with Crippen molar-refractivity contribution in [1.29, 1.82) is 0 Å². The van der Waals surface area contributed by atoms with Gasteiger partial charge in [0.05, 0.1) is 24.5 Å². The van der Waals surface area contributed by atoms with E-state index in [2.05, 4.69) is 15.9 Å². The Kier molecular flexibility index (Phi) is 3.93. The molecule has 1 rings (SSSR count). The predicted octanol–water partition coefficient (Wildman–Crippen LogP) is -0.0350. The minimum atomic E-state index is -3.63. The smallest absolute Gasteiger partial charge is 0.232 e. The molecule has 0 saturated heterocycles. The number of anilines is 1. The summed E-state index contributed by atoms with van der Waals surface area (Å²) < 4.78 is 24.3. The number of aliphatic carboxylic acids is 1. The molecule has 0 amide bonds. The highest BCUT2D eigenvalue weighted by molar-refractivity contribution is 9.10. The zero-order valence-corrected chi connectivity index (χ0v) is 10.8. The number of carbonyl (C=O) groups excluding carboxylic acids is 1. The molecular formula is C9H9BrNO4S-.